The molecule has 1 saturated heterocycles. The van der Waals surface area contributed by atoms with Crippen LogP contribution in [0.5, 0.6) is 11.6 Å². The Morgan fingerprint density at radius 3 is 2.32 bits per heavy atom. The topological polar surface area (TPSA) is 145 Å². The van der Waals surface area contributed by atoms with Crippen molar-refractivity contribution in [3.05, 3.63) is 54.5 Å². The van der Waals surface area contributed by atoms with E-state index in [4.69, 9.17) is 45.1 Å². The summed E-state index contributed by atoms with van der Waals surface area (Å²) in [6.07, 6.45) is 13.4. The van der Waals surface area contributed by atoms with Crippen LogP contribution in [0.1, 0.15) is 52.5 Å². The second-order valence-corrected chi connectivity index (χ2v) is 14.1. The lowest BCUT2D eigenvalue weighted by molar-refractivity contribution is -0.0852. The van der Waals surface area contributed by atoms with E-state index in [0.29, 0.717) is 80.5 Å². The lowest BCUT2D eigenvalue weighted by Crippen LogP contribution is -2.51. The van der Waals surface area contributed by atoms with Gasteiger partial charge in [0.2, 0.25) is 5.95 Å². The third-order valence-electron chi connectivity index (χ3n) is 9.37. The molecular formula is C37H52ClN9O6. The summed E-state index contributed by atoms with van der Waals surface area (Å²) in [6.45, 7) is 11.6. The first-order valence-corrected chi connectivity index (χ1v) is 18.9. The Morgan fingerprint density at radius 1 is 0.925 bits per heavy atom. The van der Waals surface area contributed by atoms with Gasteiger partial charge in [0.25, 0.3) is 5.88 Å². The molecule has 0 spiro atoms. The SMILES string of the molecule is COCCOCCOCCOc1nn(C2CCC(N3C[C@@H](C)O[C@@H](C)C3)CC2)cc1Nc1ncc(-c2ccc(Cl)c(OC(C)Cn3cncn3)c2)cn1. The number of nitrogens with one attached hydrogen (secondary N) is 1. The van der Waals surface area contributed by atoms with Crippen molar-refractivity contribution in [3.8, 4) is 22.8 Å². The average molecular weight is 754 g/mol. The molecule has 0 bridgehead atoms. The fourth-order valence-corrected chi connectivity index (χ4v) is 7.06. The molecule has 4 heterocycles. The maximum absolute atomic E-state index is 6.49. The number of aromatic nitrogens is 7. The van der Waals surface area contributed by atoms with Gasteiger partial charge in [-0.1, -0.05) is 17.7 Å². The fourth-order valence-electron chi connectivity index (χ4n) is 6.90. The van der Waals surface area contributed by atoms with E-state index in [1.54, 1.807) is 30.5 Å². The summed E-state index contributed by atoms with van der Waals surface area (Å²) in [7, 11) is 1.65. The van der Waals surface area contributed by atoms with Gasteiger partial charge >= 0.3 is 0 Å². The van der Waals surface area contributed by atoms with Crippen molar-refractivity contribution in [2.75, 3.05) is 65.2 Å². The third kappa shape index (κ3) is 11.3. The lowest BCUT2D eigenvalue weighted by atomic mass is 9.89. The minimum Gasteiger partial charge on any atom is -0.487 e. The van der Waals surface area contributed by atoms with Gasteiger partial charge in [0.15, 0.2) is 0 Å². The number of methoxy groups -OCH3 is 1. The first-order chi connectivity index (χ1) is 25.8. The minimum absolute atomic E-state index is 0.177. The largest absolute Gasteiger partial charge is 0.487 e. The molecule has 1 N–H and O–H groups in total. The molecule has 53 heavy (non-hydrogen) atoms. The molecule has 6 rings (SSSR count). The monoisotopic (exact) mass is 753 g/mol. The Kier molecular flexibility index (Phi) is 14.3. The Balaban J connectivity index is 1.09. The maximum atomic E-state index is 6.49. The number of ether oxygens (including phenoxy) is 6. The maximum Gasteiger partial charge on any atom is 0.257 e. The number of benzene rings is 1. The molecule has 0 radical (unpaired) electrons. The molecule has 4 aromatic rings. The highest BCUT2D eigenvalue weighted by atomic mass is 35.5. The molecule has 0 amide bonds. The molecule has 288 valence electrons. The number of rotatable bonds is 19. The molecule has 2 aliphatic rings. The molecule has 1 saturated carbocycles. The average Bonchev–Trinajstić information content (AvgIpc) is 3.82. The van der Waals surface area contributed by atoms with Crippen LogP contribution in [0.4, 0.5) is 11.6 Å². The van der Waals surface area contributed by atoms with Crippen LogP contribution >= 0.6 is 11.6 Å². The van der Waals surface area contributed by atoms with E-state index < -0.39 is 0 Å². The highest BCUT2D eigenvalue weighted by Gasteiger charge is 2.32. The third-order valence-corrected chi connectivity index (χ3v) is 9.69. The van der Waals surface area contributed by atoms with Gasteiger partial charge in [-0.15, -0.1) is 5.10 Å². The summed E-state index contributed by atoms with van der Waals surface area (Å²) in [6, 6.07) is 6.46. The van der Waals surface area contributed by atoms with Crippen LogP contribution in [0.3, 0.4) is 0 Å². The normalized spacial score (nSPS) is 21.4. The van der Waals surface area contributed by atoms with Crippen LogP contribution in [0, 0.1) is 0 Å². The summed E-state index contributed by atoms with van der Waals surface area (Å²) in [5.74, 6) is 1.47. The van der Waals surface area contributed by atoms with Gasteiger partial charge in [0.1, 0.15) is 36.8 Å². The Labute approximate surface area is 316 Å². The Morgan fingerprint density at radius 2 is 1.62 bits per heavy atom. The molecule has 1 aliphatic heterocycles. The van der Waals surface area contributed by atoms with E-state index in [9.17, 15) is 0 Å². The zero-order valence-corrected chi connectivity index (χ0v) is 31.9. The zero-order chi connectivity index (χ0) is 37.0. The van der Waals surface area contributed by atoms with Crippen LogP contribution in [-0.2, 0) is 25.5 Å². The second kappa shape index (κ2) is 19.5. The molecule has 1 aromatic carbocycles. The molecular weight excluding hydrogens is 702 g/mol. The number of halogens is 1. The van der Waals surface area contributed by atoms with Gasteiger partial charge in [0, 0.05) is 44.2 Å². The van der Waals surface area contributed by atoms with E-state index in [2.05, 4.69) is 44.1 Å². The van der Waals surface area contributed by atoms with Crippen LogP contribution in [0.15, 0.2) is 49.4 Å². The molecule has 3 atom stereocenters. The van der Waals surface area contributed by atoms with Crippen molar-refractivity contribution in [2.45, 2.75) is 83.4 Å². The van der Waals surface area contributed by atoms with Crippen LogP contribution in [0.2, 0.25) is 5.02 Å². The number of hydrogen-bond acceptors (Lipinski definition) is 13. The van der Waals surface area contributed by atoms with Gasteiger partial charge in [0.05, 0.1) is 69.0 Å². The summed E-state index contributed by atoms with van der Waals surface area (Å²) in [5.41, 5.74) is 2.39. The first-order valence-electron chi connectivity index (χ1n) is 18.5. The number of anilines is 2. The van der Waals surface area contributed by atoms with E-state index in [1.807, 2.05) is 36.0 Å². The number of hydrogen-bond donors (Lipinski definition) is 1. The fraction of sp³-hybridized carbons (Fsp3) is 0.595. The van der Waals surface area contributed by atoms with Gasteiger partial charge in [-0.25, -0.2) is 19.6 Å². The van der Waals surface area contributed by atoms with E-state index >= 15 is 0 Å². The Hall–Kier alpha value is -3.86. The molecule has 15 nitrogen and oxygen atoms in total. The van der Waals surface area contributed by atoms with E-state index in [1.165, 1.54) is 6.33 Å². The van der Waals surface area contributed by atoms with Crippen molar-refractivity contribution in [3.63, 3.8) is 0 Å². The second-order valence-electron chi connectivity index (χ2n) is 13.7. The van der Waals surface area contributed by atoms with Crippen molar-refractivity contribution in [1.29, 1.82) is 0 Å². The smallest absolute Gasteiger partial charge is 0.257 e. The van der Waals surface area contributed by atoms with Crippen LogP contribution in [-0.4, -0.2) is 124 Å². The lowest BCUT2D eigenvalue weighted by Gasteiger charge is -2.42. The quantitative estimate of drug-likeness (QED) is 0.121. The minimum atomic E-state index is -0.177. The summed E-state index contributed by atoms with van der Waals surface area (Å²) in [4.78, 5) is 15.9. The van der Waals surface area contributed by atoms with Crippen LogP contribution in [0.25, 0.3) is 11.1 Å². The van der Waals surface area contributed by atoms with Gasteiger partial charge in [-0.2, -0.15) is 5.10 Å². The molecule has 1 unspecified atom stereocenters. The van der Waals surface area contributed by atoms with Crippen molar-refractivity contribution < 1.29 is 28.4 Å². The van der Waals surface area contributed by atoms with E-state index in [0.717, 1.165) is 49.9 Å². The van der Waals surface area contributed by atoms with Crippen molar-refractivity contribution in [1.82, 2.24) is 39.4 Å². The predicted octanol–water partition coefficient (Wildman–Crippen LogP) is 5.45. The summed E-state index contributed by atoms with van der Waals surface area (Å²) >= 11 is 6.49. The summed E-state index contributed by atoms with van der Waals surface area (Å²) < 4.78 is 38.2. The van der Waals surface area contributed by atoms with Crippen molar-refractivity contribution in [2.24, 2.45) is 0 Å². The van der Waals surface area contributed by atoms with Gasteiger partial charge in [-0.05, 0) is 64.2 Å². The highest BCUT2D eigenvalue weighted by molar-refractivity contribution is 6.32. The predicted molar refractivity (Wildman–Crippen MR) is 200 cm³/mol. The molecule has 16 heteroatoms. The highest BCUT2D eigenvalue weighted by Crippen LogP contribution is 2.36. The number of morpholine rings is 1. The van der Waals surface area contributed by atoms with E-state index in [-0.39, 0.29) is 24.4 Å². The molecule has 3 aromatic heterocycles. The molecule has 2 fully saturated rings. The molecule has 1 aliphatic carbocycles. The Bertz CT molecular complexity index is 1660. The van der Waals surface area contributed by atoms with Crippen molar-refractivity contribution >= 4 is 23.2 Å². The van der Waals surface area contributed by atoms with Gasteiger partial charge in [-0.3, -0.25) is 9.58 Å². The van der Waals surface area contributed by atoms with Gasteiger partial charge < -0.3 is 33.7 Å². The summed E-state index contributed by atoms with van der Waals surface area (Å²) in [5, 5.41) is 12.9. The van der Waals surface area contributed by atoms with Crippen LogP contribution < -0.4 is 14.8 Å². The number of nitrogens with zero attached hydrogens (tertiary/aromatic N) is 8. The standard InChI is InChI=1S/C37H52ClN9O6/c1-26-20-45(21-27(2)52-26)31-6-8-32(9-7-31)47-23-34(36(44-47)51-16-15-50-14-13-49-12-11-48-4)43-37-40-18-30(19-41-37)29-5-10-33(38)35(17-29)53-28(3)22-46-25-39-24-42-46/h5,10,17-19,23-28,31-32H,6-9,11-16,20-22H2,1-4H3,(H,40,41,43)/t26-,27+,28?,31?,32?. The zero-order valence-electron chi connectivity index (χ0n) is 31.1. The first kappa shape index (κ1) is 38.9.